The van der Waals surface area contributed by atoms with Crippen molar-refractivity contribution in [1.82, 2.24) is 14.5 Å². The smallest absolute Gasteiger partial charge is 0.331 e. The van der Waals surface area contributed by atoms with Gasteiger partial charge in [-0.2, -0.15) is 0 Å². The normalized spacial score (nSPS) is 20.9. The number of ketones is 1. The topological polar surface area (TPSA) is 86.4 Å². The average Bonchev–Trinajstić information content (AvgIpc) is 3.31. The second-order valence-corrected chi connectivity index (χ2v) is 11.2. The van der Waals surface area contributed by atoms with Gasteiger partial charge in [-0.25, -0.2) is 14.8 Å². The van der Waals surface area contributed by atoms with Gasteiger partial charge in [0.25, 0.3) is 0 Å². The molecule has 37 heavy (non-hydrogen) atoms. The number of carbonyl (C=O) groups is 2. The van der Waals surface area contributed by atoms with Gasteiger partial charge in [-0.1, -0.05) is 61.2 Å². The highest BCUT2D eigenvalue weighted by Crippen LogP contribution is 2.49. The van der Waals surface area contributed by atoms with E-state index in [1.165, 1.54) is 0 Å². The fourth-order valence-corrected chi connectivity index (χ4v) is 6.66. The largest absolute Gasteiger partial charge is 0.464 e. The molecule has 2 heterocycles. The lowest BCUT2D eigenvalue weighted by Gasteiger charge is -2.47. The summed E-state index contributed by atoms with van der Waals surface area (Å²) in [6.45, 7) is 6.34. The van der Waals surface area contributed by atoms with Gasteiger partial charge in [-0.05, 0) is 49.6 Å². The van der Waals surface area contributed by atoms with Crippen LogP contribution >= 0.6 is 15.9 Å². The first-order valence-corrected chi connectivity index (χ1v) is 14.1. The van der Waals surface area contributed by atoms with Crippen molar-refractivity contribution in [3.63, 3.8) is 0 Å². The summed E-state index contributed by atoms with van der Waals surface area (Å²) in [5, 5.41) is 0. The number of nitrogens with zero attached hydrogens (tertiary/aromatic N) is 4. The molecule has 194 valence electrons. The third-order valence-corrected chi connectivity index (χ3v) is 8.42. The third-order valence-electron chi connectivity index (χ3n) is 7.57. The molecule has 2 aliphatic rings. The second-order valence-electron chi connectivity index (χ2n) is 10.3. The zero-order valence-electron chi connectivity index (χ0n) is 21.6. The van der Waals surface area contributed by atoms with E-state index in [0.29, 0.717) is 13.0 Å². The summed E-state index contributed by atoms with van der Waals surface area (Å²) in [6.07, 6.45) is 7.02. The van der Waals surface area contributed by atoms with Crippen molar-refractivity contribution >= 4 is 44.6 Å². The fourth-order valence-electron chi connectivity index (χ4n) is 5.67. The molecule has 1 aromatic carbocycles. The molecule has 2 atom stereocenters. The molecular weight excluding hydrogens is 532 g/mol. The van der Waals surface area contributed by atoms with Crippen LogP contribution in [0.1, 0.15) is 70.2 Å². The van der Waals surface area contributed by atoms with Crippen molar-refractivity contribution in [2.45, 2.75) is 76.1 Å². The SMILES string of the molecule is CCOC(=O)[C@H](Cc1ccc(-n2c(C(C)C)nc3cccnc32)cc1)N=C1C(Br)C(=O)C12CCCCC2. The Morgan fingerprint density at radius 3 is 2.59 bits per heavy atom. The number of esters is 1. The molecule has 0 amide bonds. The van der Waals surface area contributed by atoms with Gasteiger partial charge in [0, 0.05) is 29.9 Å². The third kappa shape index (κ3) is 4.65. The number of hydrogen-bond donors (Lipinski definition) is 0. The number of imidazole rings is 1. The van der Waals surface area contributed by atoms with Crippen LogP contribution in [0.3, 0.4) is 0 Å². The van der Waals surface area contributed by atoms with E-state index in [-0.39, 0.29) is 17.7 Å². The van der Waals surface area contributed by atoms with Crippen LogP contribution in [0.4, 0.5) is 0 Å². The zero-order chi connectivity index (χ0) is 26.2. The summed E-state index contributed by atoms with van der Waals surface area (Å²) in [5.74, 6) is 1.04. The summed E-state index contributed by atoms with van der Waals surface area (Å²) in [4.78, 5) is 39.7. The van der Waals surface area contributed by atoms with Gasteiger partial charge in [-0.3, -0.25) is 14.4 Å². The predicted molar refractivity (Wildman–Crippen MR) is 148 cm³/mol. The molecule has 2 fully saturated rings. The maximum Gasteiger partial charge on any atom is 0.331 e. The number of Topliss-reactive ketones (excluding diaryl/α,β-unsaturated/α-hetero) is 1. The van der Waals surface area contributed by atoms with Gasteiger partial charge in [0.05, 0.1) is 12.0 Å². The van der Waals surface area contributed by atoms with Crippen LogP contribution < -0.4 is 0 Å². The minimum Gasteiger partial charge on any atom is -0.464 e. The molecule has 0 aliphatic heterocycles. The standard InChI is InChI=1S/C29H33BrN4O3/c1-4-37-28(36)22(32-24-23(30)25(35)29(24)14-6-5-7-15-29)17-19-10-12-20(13-11-19)34-26(18(2)3)33-21-9-8-16-31-27(21)34/h8-13,16,18,22-23H,4-7,14-15,17H2,1-3H3/t22-,23?/m0/s1. The van der Waals surface area contributed by atoms with Crippen molar-refractivity contribution in [1.29, 1.82) is 0 Å². The molecule has 8 heteroatoms. The number of alkyl halides is 1. The van der Waals surface area contributed by atoms with Gasteiger partial charge in [0.2, 0.25) is 0 Å². The minimum atomic E-state index is -0.685. The van der Waals surface area contributed by atoms with Crippen LogP contribution in [0.15, 0.2) is 47.6 Å². The highest BCUT2D eigenvalue weighted by Gasteiger charge is 2.58. The zero-order valence-corrected chi connectivity index (χ0v) is 23.2. The lowest BCUT2D eigenvalue weighted by Crippen LogP contribution is -2.61. The molecule has 1 unspecified atom stereocenters. The number of aromatic nitrogens is 3. The summed E-state index contributed by atoms with van der Waals surface area (Å²) >= 11 is 3.53. The maximum absolute atomic E-state index is 13.0. The van der Waals surface area contributed by atoms with E-state index < -0.39 is 16.3 Å². The van der Waals surface area contributed by atoms with Gasteiger partial charge in [-0.15, -0.1) is 0 Å². The molecule has 0 bridgehead atoms. The Hall–Kier alpha value is -2.87. The van der Waals surface area contributed by atoms with Crippen LogP contribution in [0.2, 0.25) is 0 Å². The van der Waals surface area contributed by atoms with Crippen molar-refractivity contribution < 1.29 is 14.3 Å². The minimum absolute atomic E-state index is 0.208. The first kappa shape index (κ1) is 25.8. The first-order chi connectivity index (χ1) is 17.9. The molecule has 0 radical (unpaired) electrons. The number of carbonyl (C=O) groups excluding carboxylic acids is 2. The number of pyridine rings is 1. The van der Waals surface area contributed by atoms with E-state index in [2.05, 4.69) is 39.3 Å². The number of benzene rings is 1. The summed E-state index contributed by atoms with van der Waals surface area (Å²) in [7, 11) is 0. The molecule has 3 aromatic rings. The van der Waals surface area contributed by atoms with E-state index in [9.17, 15) is 9.59 Å². The Labute approximate surface area is 225 Å². The number of hydrogen-bond acceptors (Lipinski definition) is 6. The average molecular weight is 566 g/mol. The van der Waals surface area contributed by atoms with E-state index in [0.717, 1.165) is 66.1 Å². The summed E-state index contributed by atoms with van der Waals surface area (Å²) in [5.41, 5.74) is 3.96. The van der Waals surface area contributed by atoms with Crippen LogP contribution in [-0.2, 0) is 20.7 Å². The number of aliphatic imine (C=N–C) groups is 1. The highest BCUT2D eigenvalue weighted by atomic mass is 79.9. The van der Waals surface area contributed by atoms with E-state index in [1.54, 1.807) is 13.1 Å². The quantitative estimate of drug-likeness (QED) is 0.269. The number of rotatable bonds is 7. The Morgan fingerprint density at radius 2 is 1.92 bits per heavy atom. The van der Waals surface area contributed by atoms with Gasteiger partial charge in [0.1, 0.15) is 16.2 Å². The first-order valence-electron chi connectivity index (χ1n) is 13.2. The van der Waals surface area contributed by atoms with Crippen molar-refractivity contribution in [3.8, 4) is 5.69 Å². The molecule has 1 spiro atoms. The molecule has 5 rings (SSSR count). The molecule has 7 nitrogen and oxygen atoms in total. The van der Waals surface area contributed by atoms with Crippen molar-refractivity contribution in [2.24, 2.45) is 10.4 Å². The summed E-state index contributed by atoms with van der Waals surface area (Å²) in [6, 6.07) is 11.3. The summed E-state index contributed by atoms with van der Waals surface area (Å²) < 4.78 is 7.48. The van der Waals surface area contributed by atoms with Crippen LogP contribution in [0.25, 0.3) is 16.9 Å². The second kappa shape index (κ2) is 10.5. The molecule has 2 aromatic heterocycles. The van der Waals surface area contributed by atoms with Crippen LogP contribution in [-0.4, -0.2) is 49.5 Å². The molecule has 0 N–H and O–H groups in total. The molecular formula is C29H33BrN4O3. The van der Waals surface area contributed by atoms with Crippen molar-refractivity contribution in [3.05, 3.63) is 54.0 Å². The maximum atomic E-state index is 13.0. The number of fused-ring (bicyclic) bond motifs is 1. The molecule has 0 saturated heterocycles. The highest BCUT2D eigenvalue weighted by molar-refractivity contribution is 9.10. The monoisotopic (exact) mass is 564 g/mol. The predicted octanol–water partition coefficient (Wildman–Crippen LogP) is 5.76. The van der Waals surface area contributed by atoms with Gasteiger partial charge >= 0.3 is 5.97 Å². The van der Waals surface area contributed by atoms with Crippen LogP contribution in [0, 0.1) is 5.41 Å². The fraction of sp³-hybridized carbons (Fsp3) is 0.483. The van der Waals surface area contributed by atoms with E-state index in [1.807, 2.05) is 36.4 Å². The Kier molecular flexibility index (Phi) is 7.30. The Morgan fingerprint density at radius 1 is 1.19 bits per heavy atom. The molecule has 2 saturated carbocycles. The van der Waals surface area contributed by atoms with Crippen molar-refractivity contribution in [2.75, 3.05) is 6.61 Å². The van der Waals surface area contributed by atoms with Gasteiger partial charge < -0.3 is 4.74 Å². The van der Waals surface area contributed by atoms with Gasteiger partial charge in [0.15, 0.2) is 17.5 Å². The Bertz CT molecular complexity index is 1340. The Balaban J connectivity index is 1.45. The van der Waals surface area contributed by atoms with E-state index in [4.69, 9.17) is 14.7 Å². The molecule has 2 aliphatic carbocycles. The van der Waals surface area contributed by atoms with Crippen LogP contribution in [0.5, 0.6) is 0 Å². The lowest BCUT2D eigenvalue weighted by atomic mass is 9.58. The number of ether oxygens (including phenoxy) is 1. The lowest BCUT2D eigenvalue weighted by molar-refractivity contribution is -0.144. The van der Waals surface area contributed by atoms with E-state index >= 15 is 0 Å². The number of halogens is 1.